The van der Waals surface area contributed by atoms with E-state index in [0.29, 0.717) is 13.2 Å². The monoisotopic (exact) mass is 306 g/mol. The highest BCUT2D eigenvalue weighted by atomic mass is 16.5. The van der Waals surface area contributed by atoms with Gasteiger partial charge in [-0.2, -0.15) is 5.10 Å². The zero-order valence-electron chi connectivity index (χ0n) is 13.4. The van der Waals surface area contributed by atoms with Crippen LogP contribution >= 0.6 is 0 Å². The van der Waals surface area contributed by atoms with Gasteiger partial charge in [-0.05, 0) is 18.9 Å². The standard InChI is InChI=1S/C16H26N4O2/c1-18-14(6-7-17-18)12-19-10-11-22-15(13-19)16(21)20-8-4-2-3-5-9-20/h6-7,15H,2-5,8-13H2,1H3/t15-/m1/s1. The lowest BCUT2D eigenvalue weighted by atomic mass is 10.2. The fraction of sp³-hybridized carbons (Fsp3) is 0.750. The Hall–Kier alpha value is -1.40. The molecule has 2 saturated heterocycles. The highest BCUT2D eigenvalue weighted by Gasteiger charge is 2.30. The number of ether oxygens (including phenoxy) is 1. The largest absolute Gasteiger partial charge is 0.366 e. The van der Waals surface area contributed by atoms with Crippen LogP contribution in [0.5, 0.6) is 0 Å². The third-order valence-electron chi connectivity index (χ3n) is 4.65. The summed E-state index contributed by atoms with van der Waals surface area (Å²) in [7, 11) is 1.95. The van der Waals surface area contributed by atoms with Gasteiger partial charge in [-0.1, -0.05) is 12.8 Å². The van der Waals surface area contributed by atoms with E-state index < -0.39 is 0 Å². The molecule has 0 radical (unpaired) electrons. The molecule has 6 heteroatoms. The summed E-state index contributed by atoms with van der Waals surface area (Å²) in [5.74, 6) is 0.177. The zero-order chi connectivity index (χ0) is 15.4. The van der Waals surface area contributed by atoms with Gasteiger partial charge in [0.1, 0.15) is 6.10 Å². The van der Waals surface area contributed by atoms with Gasteiger partial charge in [-0.3, -0.25) is 14.4 Å². The van der Waals surface area contributed by atoms with Crippen molar-refractivity contribution in [3.63, 3.8) is 0 Å². The number of rotatable bonds is 3. The van der Waals surface area contributed by atoms with Gasteiger partial charge >= 0.3 is 0 Å². The second kappa shape index (κ2) is 7.24. The van der Waals surface area contributed by atoms with Crippen molar-refractivity contribution in [3.05, 3.63) is 18.0 Å². The average molecular weight is 306 g/mol. The number of nitrogens with zero attached hydrogens (tertiary/aromatic N) is 4. The van der Waals surface area contributed by atoms with E-state index in [9.17, 15) is 4.79 Å². The normalized spacial score (nSPS) is 24.2. The molecule has 1 aromatic heterocycles. The molecule has 0 N–H and O–H groups in total. The van der Waals surface area contributed by atoms with E-state index in [4.69, 9.17) is 4.74 Å². The third kappa shape index (κ3) is 3.67. The molecule has 3 heterocycles. The van der Waals surface area contributed by atoms with Crippen molar-refractivity contribution >= 4 is 5.91 Å². The summed E-state index contributed by atoms with van der Waals surface area (Å²) in [6.07, 6.45) is 6.23. The van der Waals surface area contributed by atoms with Crippen molar-refractivity contribution in [2.45, 2.75) is 38.3 Å². The summed E-state index contributed by atoms with van der Waals surface area (Å²) in [5, 5.41) is 4.20. The van der Waals surface area contributed by atoms with E-state index in [1.165, 1.54) is 18.5 Å². The molecule has 2 fully saturated rings. The SMILES string of the molecule is Cn1nccc1CN1CCO[C@@H](C(=O)N2CCCCCC2)C1. The van der Waals surface area contributed by atoms with Crippen LogP contribution in [0.3, 0.4) is 0 Å². The number of morpholine rings is 1. The molecule has 0 spiro atoms. The van der Waals surface area contributed by atoms with E-state index in [0.717, 1.165) is 39.0 Å². The number of carbonyl (C=O) groups excluding carboxylic acids is 1. The van der Waals surface area contributed by atoms with Crippen molar-refractivity contribution < 1.29 is 9.53 Å². The van der Waals surface area contributed by atoms with Gasteiger partial charge in [-0.15, -0.1) is 0 Å². The fourth-order valence-corrected chi connectivity index (χ4v) is 3.28. The number of carbonyl (C=O) groups is 1. The lowest BCUT2D eigenvalue weighted by Crippen LogP contribution is -2.51. The van der Waals surface area contributed by atoms with Crippen molar-refractivity contribution in [3.8, 4) is 0 Å². The molecule has 122 valence electrons. The molecule has 0 saturated carbocycles. The highest BCUT2D eigenvalue weighted by Crippen LogP contribution is 2.15. The van der Waals surface area contributed by atoms with Crippen LogP contribution in [0.1, 0.15) is 31.4 Å². The quantitative estimate of drug-likeness (QED) is 0.837. The van der Waals surface area contributed by atoms with Gasteiger partial charge in [0.25, 0.3) is 5.91 Å². The van der Waals surface area contributed by atoms with Crippen LogP contribution in [0.4, 0.5) is 0 Å². The zero-order valence-corrected chi connectivity index (χ0v) is 13.4. The first-order valence-electron chi connectivity index (χ1n) is 8.33. The molecular weight excluding hydrogens is 280 g/mol. The first-order chi connectivity index (χ1) is 10.7. The lowest BCUT2D eigenvalue weighted by Gasteiger charge is -2.34. The second-order valence-corrected chi connectivity index (χ2v) is 6.28. The minimum Gasteiger partial charge on any atom is -0.366 e. The molecule has 6 nitrogen and oxygen atoms in total. The topological polar surface area (TPSA) is 50.6 Å². The van der Waals surface area contributed by atoms with Crippen LogP contribution in [0, 0.1) is 0 Å². The summed E-state index contributed by atoms with van der Waals surface area (Å²) in [6.45, 7) is 4.78. The molecule has 2 aliphatic heterocycles. The Morgan fingerprint density at radius 1 is 1.27 bits per heavy atom. The molecule has 1 amide bonds. The Kier molecular flexibility index (Phi) is 5.10. The Morgan fingerprint density at radius 3 is 2.73 bits per heavy atom. The molecule has 1 atom stereocenters. The maximum Gasteiger partial charge on any atom is 0.253 e. The summed E-state index contributed by atoms with van der Waals surface area (Å²) >= 11 is 0. The maximum absolute atomic E-state index is 12.7. The summed E-state index contributed by atoms with van der Waals surface area (Å²) in [4.78, 5) is 17.0. The molecule has 22 heavy (non-hydrogen) atoms. The van der Waals surface area contributed by atoms with Crippen LogP contribution < -0.4 is 0 Å². The molecule has 0 aliphatic carbocycles. The van der Waals surface area contributed by atoms with Gasteiger partial charge in [0.15, 0.2) is 0 Å². The first-order valence-corrected chi connectivity index (χ1v) is 8.33. The summed E-state index contributed by atoms with van der Waals surface area (Å²) in [5.41, 5.74) is 1.17. The van der Waals surface area contributed by atoms with Crippen LogP contribution in [0.25, 0.3) is 0 Å². The second-order valence-electron chi connectivity index (χ2n) is 6.28. The number of hydrogen-bond donors (Lipinski definition) is 0. The Morgan fingerprint density at radius 2 is 2.05 bits per heavy atom. The van der Waals surface area contributed by atoms with E-state index in [1.54, 1.807) is 0 Å². The highest BCUT2D eigenvalue weighted by molar-refractivity contribution is 5.81. The summed E-state index contributed by atoms with van der Waals surface area (Å²) < 4.78 is 7.65. The summed E-state index contributed by atoms with van der Waals surface area (Å²) in [6, 6.07) is 2.03. The number of aryl methyl sites for hydroxylation is 1. The van der Waals surface area contributed by atoms with E-state index >= 15 is 0 Å². The molecular formula is C16H26N4O2. The number of aromatic nitrogens is 2. The van der Waals surface area contributed by atoms with Crippen molar-refractivity contribution in [1.29, 1.82) is 0 Å². The Balaban J connectivity index is 1.57. The van der Waals surface area contributed by atoms with Crippen molar-refractivity contribution in [2.75, 3.05) is 32.8 Å². The van der Waals surface area contributed by atoms with Crippen LogP contribution in [0.2, 0.25) is 0 Å². The number of amides is 1. The Bertz CT molecular complexity index is 494. The van der Waals surface area contributed by atoms with E-state index in [2.05, 4.69) is 10.00 Å². The van der Waals surface area contributed by atoms with E-state index in [1.807, 2.05) is 28.9 Å². The third-order valence-corrected chi connectivity index (χ3v) is 4.65. The van der Waals surface area contributed by atoms with Crippen LogP contribution in [0.15, 0.2) is 12.3 Å². The van der Waals surface area contributed by atoms with Crippen molar-refractivity contribution in [1.82, 2.24) is 19.6 Å². The average Bonchev–Trinajstić information content (AvgIpc) is 2.79. The molecule has 0 bridgehead atoms. The van der Waals surface area contributed by atoms with Gasteiger partial charge in [0.05, 0.1) is 12.3 Å². The molecule has 2 aliphatic rings. The predicted octanol–water partition coefficient (Wildman–Crippen LogP) is 1.02. The van der Waals surface area contributed by atoms with Gasteiger partial charge in [0, 0.05) is 46.0 Å². The Labute approximate surface area is 132 Å². The van der Waals surface area contributed by atoms with Crippen LogP contribution in [-0.2, 0) is 23.1 Å². The maximum atomic E-state index is 12.7. The van der Waals surface area contributed by atoms with Gasteiger partial charge < -0.3 is 9.64 Å². The van der Waals surface area contributed by atoms with Crippen molar-refractivity contribution in [2.24, 2.45) is 7.05 Å². The molecule has 0 unspecified atom stereocenters. The lowest BCUT2D eigenvalue weighted by molar-refractivity contribution is -0.149. The minimum atomic E-state index is -0.305. The van der Waals surface area contributed by atoms with E-state index in [-0.39, 0.29) is 12.0 Å². The molecule has 0 aromatic carbocycles. The molecule has 3 rings (SSSR count). The molecule has 1 aromatic rings. The number of likely N-dealkylation sites (tertiary alicyclic amines) is 1. The van der Waals surface area contributed by atoms with Gasteiger partial charge in [-0.25, -0.2) is 0 Å². The number of hydrogen-bond acceptors (Lipinski definition) is 4. The minimum absolute atomic E-state index is 0.177. The smallest absolute Gasteiger partial charge is 0.253 e. The van der Waals surface area contributed by atoms with Gasteiger partial charge in [0.2, 0.25) is 0 Å². The van der Waals surface area contributed by atoms with Crippen LogP contribution in [-0.4, -0.2) is 64.4 Å². The first kappa shape index (κ1) is 15.5. The fourth-order valence-electron chi connectivity index (χ4n) is 3.28. The predicted molar refractivity (Wildman–Crippen MR) is 83.3 cm³/mol.